The number of primary amides is 1. The summed E-state index contributed by atoms with van der Waals surface area (Å²) in [5.74, 6) is -4.94. The van der Waals surface area contributed by atoms with Crippen LogP contribution in [0.15, 0.2) is 4.99 Å². The van der Waals surface area contributed by atoms with Crippen molar-refractivity contribution < 1.29 is 29.1 Å². The Morgan fingerprint density at radius 2 is 1.50 bits per heavy atom. The van der Waals surface area contributed by atoms with Crippen LogP contribution < -0.4 is 38.9 Å². The fraction of sp³-hybridized carbons (Fsp3) is 0.600. The number of thiol groups is 1. The number of hydrogen-bond donors (Lipinski definition) is 9. The number of carboxylic acids is 1. The number of hydrogen-bond acceptors (Lipinski definition) is 8. The maximum Gasteiger partial charge on any atom is 0.327 e. The highest BCUT2D eigenvalue weighted by atomic mass is 32.1. The van der Waals surface area contributed by atoms with Crippen molar-refractivity contribution in [2.45, 2.75) is 37.4 Å². The number of carboxylic acid groups (broad SMARTS) is 1. The lowest BCUT2D eigenvalue weighted by Crippen LogP contribution is -2.57. The molecule has 0 aliphatic heterocycles. The molecule has 3 atom stereocenters. The van der Waals surface area contributed by atoms with Crippen LogP contribution in [-0.4, -0.2) is 77.6 Å². The summed E-state index contributed by atoms with van der Waals surface area (Å²) in [6.07, 6.45) is -0.250. The molecule has 30 heavy (non-hydrogen) atoms. The smallest absolute Gasteiger partial charge is 0.327 e. The van der Waals surface area contributed by atoms with Gasteiger partial charge in [0.2, 0.25) is 23.6 Å². The second kappa shape index (κ2) is 14.0. The van der Waals surface area contributed by atoms with E-state index in [9.17, 15) is 24.0 Å². The van der Waals surface area contributed by atoms with Crippen molar-refractivity contribution in [3.05, 3.63) is 0 Å². The van der Waals surface area contributed by atoms with Gasteiger partial charge in [-0.05, 0) is 12.8 Å². The summed E-state index contributed by atoms with van der Waals surface area (Å²) in [7, 11) is 0. The standard InChI is InChI=1S/C15H28N8O6S/c16-5-11(25)21-8(4-10(17)24)13(27)22-7(2-1-3-20-15(18)19)12(26)23-9(6-30)14(28)29/h7-9,30H,1-6,16H2,(H2,17,24)(H,21,25)(H,22,27)(H,23,26)(H,28,29)(H4,18,19,20). The van der Waals surface area contributed by atoms with E-state index in [4.69, 9.17) is 28.0 Å². The van der Waals surface area contributed by atoms with Gasteiger partial charge in [-0.3, -0.25) is 24.2 Å². The van der Waals surface area contributed by atoms with Crippen molar-refractivity contribution in [3.8, 4) is 0 Å². The first-order valence-corrected chi connectivity index (χ1v) is 9.42. The summed E-state index contributed by atoms with van der Waals surface area (Å²) in [4.78, 5) is 62.6. The molecule has 0 bridgehead atoms. The zero-order chi connectivity index (χ0) is 23.3. The molecular formula is C15H28N8O6S. The quantitative estimate of drug-likeness (QED) is 0.0534. The molecule has 0 radical (unpaired) electrons. The highest BCUT2D eigenvalue weighted by molar-refractivity contribution is 7.80. The third-order valence-corrected chi connectivity index (χ3v) is 3.98. The molecule has 0 aromatic heterocycles. The van der Waals surface area contributed by atoms with Gasteiger partial charge >= 0.3 is 5.97 Å². The molecule has 14 nitrogen and oxygen atoms in total. The van der Waals surface area contributed by atoms with E-state index in [1.165, 1.54) is 0 Å². The van der Waals surface area contributed by atoms with Gasteiger partial charge in [-0.15, -0.1) is 0 Å². The van der Waals surface area contributed by atoms with Crippen LogP contribution in [0.5, 0.6) is 0 Å². The number of guanidine groups is 1. The van der Waals surface area contributed by atoms with Crippen LogP contribution in [0.2, 0.25) is 0 Å². The van der Waals surface area contributed by atoms with Crippen LogP contribution in [0.3, 0.4) is 0 Å². The molecule has 0 spiro atoms. The van der Waals surface area contributed by atoms with Crippen LogP contribution in [0.4, 0.5) is 0 Å². The Labute approximate surface area is 178 Å². The van der Waals surface area contributed by atoms with Gasteiger partial charge in [-0.25, -0.2) is 4.79 Å². The number of nitrogens with zero attached hydrogens (tertiary/aromatic N) is 1. The second-order valence-corrected chi connectivity index (χ2v) is 6.45. The van der Waals surface area contributed by atoms with E-state index >= 15 is 0 Å². The highest BCUT2D eigenvalue weighted by Crippen LogP contribution is 2.03. The molecule has 0 heterocycles. The highest BCUT2D eigenvalue weighted by Gasteiger charge is 2.29. The first kappa shape index (κ1) is 26.9. The average molecular weight is 449 g/mol. The molecule has 0 aromatic rings. The largest absolute Gasteiger partial charge is 0.480 e. The third kappa shape index (κ3) is 11.1. The van der Waals surface area contributed by atoms with E-state index in [0.717, 1.165) is 0 Å². The molecule has 0 aromatic carbocycles. The van der Waals surface area contributed by atoms with Crippen LogP contribution in [-0.2, 0) is 24.0 Å². The summed E-state index contributed by atoms with van der Waals surface area (Å²) in [5, 5.41) is 15.9. The number of nitrogens with two attached hydrogens (primary N) is 4. The zero-order valence-electron chi connectivity index (χ0n) is 16.2. The van der Waals surface area contributed by atoms with E-state index in [1.807, 2.05) is 0 Å². The van der Waals surface area contributed by atoms with E-state index in [1.54, 1.807) is 0 Å². The second-order valence-electron chi connectivity index (χ2n) is 6.09. The molecule has 0 rings (SSSR count). The number of aliphatic imine (C=N–C) groups is 1. The predicted octanol–water partition coefficient (Wildman–Crippen LogP) is -4.66. The Morgan fingerprint density at radius 3 is 1.97 bits per heavy atom. The van der Waals surface area contributed by atoms with Gasteiger partial charge in [0.1, 0.15) is 18.1 Å². The monoisotopic (exact) mass is 448 g/mol. The fourth-order valence-corrected chi connectivity index (χ4v) is 2.41. The van der Waals surface area contributed by atoms with Crippen LogP contribution in [0.1, 0.15) is 19.3 Å². The molecule has 0 saturated carbocycles. The van der Waals surface area contributed by atoms with E-state index in [-0.39, 0.29) is 31.1 Å². The summed E-state index contributed by atoms with van der Waals surface area (Å²) < 4.78 is 0. The van der Waals surface area contributed by atoms with Crippen LogP contribution in [0, 0.1) is 0 Å². The average Bonchev–Trinajstić information content (AvgIpc) is 2.66. The molecule has 3 unspecified atom stereocenters. The van der Waals surface area contributed by atoms with Crippen molar-refractivity contribution in [3.63, 3.8) is 0 Å². The number of rotatable bonds is 14. The molecular weight excluding hydrogens is 420 g/mol. The number of aliphatic carboxylic acids is 1. The molecule has 0 saturated heterocycles. The lowest BCUT2D eigenvalue weighted by atomic mass is 10.1. The molecule has 0 fully saturated rings. The molecule has 170 valence electrons. The van der Waals surface area contributed by atoms with Gasteiger partial charge in [0.25, 0.3) is 0 Å². The first-order chi connectivity index (χ1) is 14.0. The van der Waals surface area contributed by atoms with Gasteiger partial charge in [0.15, 0.2) is 5.96 Å². The summed E-state index contributed by atoms with van der Waals surface area (Å²) in [6, 6.07) is -3.87. The van der Waals surface area contributed by atoms with Crippen molar-refractivity contribution in [2.24, 2.45) is 27.9 Å². The zero-order valence-corrected chi connectivity index (χ0v) is 17.1. The lowest BCUT2D eigenvalue weighted by molar-refractivity contribution is -0.141. The third-order valence-electron chi connectivity index (χ3n) is 3.62. The van der Waals surface area contributed by atoms with Crippen molar-refractivity contribution in [1.82, 2.24) is 16.0 Å². The Balaban J connectivity index is 5.37. The number of nitrogens with one attached hydrogen (secondary N) is 3. The van der Waals surface area contributed by atoms with E-state index in [2.05, 4.69) is 33.6 Å². The van der Waals surface area contributed by atoms with Crippen molar-refractivity contribution in [2.75, 3.05) is 18.8 Å². The Bertz CT molecular complexity index is 670. The van der Waals surface area contributed by atoms with Crippen molar-refractivity contribution in [1.29, 1.82) is 0 Å². The predicted molar refractivity (Wildman–Crippen MR) is 110 cm³/mol. The number of carbonyl (C=O) groups is 5. The lowest BCUT2D eigenvalue weighted by Gasteiger charge is -2.23. The molecule has 0 aliphatic rings. The first-order valence-electron chi connectivity index (χ1n) is 8.79. The maximum atomic E-state index is 12.5. The molecule has 0 aliphatic carbocycles. The van der Waals surface area contributed by atoms with Gasteiger partial charge in [-0.1, -0.05) is 0 Å². The SMILES string of the molecule is NCC(=O)NC(CC(N)=O)C(=O)NC(CCCN=C(N)N)C(=O)NC(CS)C(=O)O. The van der Waals surface area contributed by atoms with Crippen LogP contribution in [0.25, 0.3) is 0 Å². The molecule has 15 heteroatoms. The fourth-order valence-electron chi connectivity index (χ4n) is 2.17. The van der Waals surface area contributed by atoms with Gasteiger partial charge in [-0.2, -0.15) is 12.6 Å². The number of amides is 4. The Kier molecular flexibility index (Phi) is 12.6. The maximum absolute atomic E-state index is 12.5. The minimum Gasteiger partial charge on any atom is -0.480 e. The summed E-state index contributed by atoms with van der Waals surface area (Å²) in [5.41, 5.74) is 20.7. The molecule has 12 N–H and O–H groups in total. The van der Waals surface area contributed by atoms with Gasteiger partial charge < -0.3 is 44.0 Å². The Morgan fingerprint density at radius 1 is 0.933 bits per heavy atom. The number of carbonyl (C=O) groups excluding carboxylic acids is 4. The Hall–Kier alpha value is -3.07. The minimum atomic E-state index is -1.37. The van der Waals surface area contributed by atoms with Crippen molar-refractivity contribution >= 4 is 48.2 Å². The summed E-state index contributed by atoms with van der Waals surface area (Å²) in [6.45, 7) is -0.293. The van der Waals surface area contributed by atoms with E-state index in [0.29, 0.717) is 0 Å². The van der Waals surface area contributed by atoms with Crippen LogP contribution >= 0.6 is 12.6 Å². The van der Waals surface area contributed by atoms with Gasteiger partial charge in [0, 0.05) is 12.3 Å². The molecule has 4 amide bonds. The van der Waals surface area contributed by atoms with E-state index < -0.39 is 60.7 Å². The van der Waals surface area contributed by atoms with Gasteiger partial charge in [0.05, 0.1) is 13.0 Å². The normalized spacial score (nSPS) is 13.3. The minimum absolute atomic E-state index is 0.0292. The summed E-state index contributed by atoms with van der Waals surface area (Å²) >= 11 is 3.86. The topological polar surface area (TPSA) is 258 Å².